The van der Waals surface area contributed by atoms with Crippen molar-refractivity contribution in [2.24, 2.45) is 0 Å². The fourth-order valence-electron chi connectivity index (χ4n) is 2.66. The Morgan fingerprint density at radius 2 is 2.33 bits per heavy atom. The van der Waals surface area contributed by atoms with Crippen LogP contribution in [0.2, 0.25) is 0 Å². The highest BCUT2D eigenvalue weighted by Crippen LogP contribution is 2.26. The number of hydrogen-bond acceptors (Lipinski definition) is 4. The third-order valence-electron chi connectivity index (χ3n) is 3.57. The summed E-state index contributed by atoms with van der Waals surface area (Å²) in [6.07, 6.45) is 4.89. The zero-order valence-electron chi connectivity index (χ0n) is 11.0. The Balaban J connectivity index is 2.14. The molecule has 0 aliphatic carbocycles. The maximum Gasteiger partial charge on any atom is 0.355 e. The molecule has 1 fully saturated rings. The number of likely N-dealkylation sites (tertiary alicyclic amines) is 1. The molecule has 1 saturated heterocycles. The van der Waals surface area contributed by atoms with E-state index in [4.69, 9.17) is 5.11 Å². The zero-order chi connectivity index (χ0) is 13.1. The van der Waals surface area contributed by atoms with Gasteiger partial charge in [-0.25, -0.2) is 9.78 Å². The second-order valence-electron chi connectivity index (χ2n) is 4.84. The van der Waals surface area contributed by atoms with Gasteiger partial charge < -0.3 is 5.11 Å². The molecule has 0 amide bonds. The molecule has 1 unspecified atom stereocenters. The molecule has 2 rings (SSSR count). The minimum absolute atomic E-state index is 0.248. The summed E-state index contributed by atoms with van der Waals surface area (Å²) in [6, 6.07) is 0.600. The Morgan fingerprint density at radius 3 is 3.00 bits per heavy atom. The number of hydrogen-bond donors (Lipinski definition) is 1. The normalized spacial score (nSPS) is 21.1. The Bertz CT molecular complexity index is 431. The minimum atomic E-state index is -0.903. The molecule has 1 aromatic rings. The highest BCUT2D eigenvalue weighted by Gasteiger charge is 2.24. The van der Waals surface area contributed by atoms with Gasteiger partial charge in [0.2, 0.25) is 0 Å². The van der Waals surface area contributed by atoms with Gasteiger partial charge in [-0.05, 0) is 32.7 Å². The highest BCUT2D eigenvalue weighted by molar-refractivity contribution is 7.11. The number of aryl methyl sites for hydroxylation is 1. The van der Waals surface area contributed by atoms with Crippen LogP contribution in [0, 0.1) is 6.92 Å². The zero-order valence-corrected chi connectivity index (χ0v) is 11.8. The number of carboxylic acid groups (broad SMARTS) is 1. The summed E-state index contributed by atoms with van der Waals surface area (Å²) in [5, 5.41) is 10.00. The first-order valence-corrected chi connectivity index (χ1v) is 7.37. The fourth-order valence-corrected chi connectivity index (χ4v) is 3.61. The number of carboxylic acids is 1. The second-order valence-corrected chi connectivity index (χ2v) is 6.13. The molecule has 0 saturated carbocycles. The van der Waals surface area contributed by atoms with Gasteiger partial charge in [0.25, 0.3) is 0 Å². The smallest absolute Gasteiger partial charge is 0.355 e. The predicted octanol–water partition coefficient (Wildman–Crippen LogP) is 2.91. The summed E-state index contributed by atoms with van der Waals surface area (Å²) >= 11 is 1.52. The molecule has 1 atom stereocenters. The van der Waals surface area contributed by atoms with Crippen LogP contribution in [0.15, 0.2) is 0 Å². The maximum absolute atomic E-state index is 11.2. The third kappa shape index (κ3) is 2.90. The largest absolute Gasteiger partial charge is 0.476 e. The average molecular weight is 268 g/mol. The van der Waals surface area contributed by atoms with Gasteiger partial charge in [0.1, 0.15) is 0 Å². The lowest BCUT2D eigenvalue weighted by Crippen LogP contribution is -2.38. The number of nitrogens with zero attached hydrogens (tertiary/aromatic N) is 2. The van der Waals surface area contributed by atoms with Crippen LogP contribution in [0.1, 0.15) is 53.0 Å². The molecule has 5 heteroatoms. The summed E-state index contributed by atoms with van der Waals surface area (Å²) < 4.78 is 0. The van der Waals surface area contributed by atoms with E-state index < -0.39 is 5.97 Å². The van der Waals surface area contributed by atoms with E-state index in [0.29, 0.717) is 6.04 Å². The lowest BCUT2D eigenvalue weighted by Gasteiger charge is -2.34. The molecule has 1 aromatic heterocycles. The van der Waals surface area contributed by atoms with Crippen LogP contribution in [0.3, 0.4) is 0 Å². The second kappa shape index (κ2) is 5.80. The number of thiazole rings is 1. The summed E-state index contributed by atoms with van der Waals surface area (Å²) in [5.41, 5.74) is 0.248. The highest BCUT2D eigenvalue weighted by atomic mass is 32.1. The molecule has 1 N–H and O–H groups in total. The summed E-state index contributed by atoms with van der Waals surface area (Å²) in [4.78, 5) is 18.6. The number of aromatic nitrogens is 1. The molecule has 18 heavy (non-hydrogen) atoms. The monoisotopic (exact) mass is 268 g/mol. The van der Waals surface area contributed by atoms with Crippen LogP contribution in [-0.2, 0) is 6.54 Å². The molecule has 0 bridgehead atoms. The third-order valence-corrected chi connectivity index (χ3v) is 4.53. The molecular weight excluding hydrogens is 248 g/mol. The van der Waals surface area contributed by atoms with E-state index in [2.05, 4.69) is 16.8 Å². The minimum Gasteiger partial charge on any atom is -0.476 e. The van der Waals surface area contributed by atoms with Crippen molar-refractivity contribution in [1.82, 2.24) is 9.88 Å². The van der Waals surface area contributed by atoms with Crippen LogP contribution in [0.25, 0.3) is 0 Å². The average Bonchev–Trinajstić information content (AvgIpc) is 2.71. The van der Waals surface area contributed by atoms with Gasteiger partial charge in [0.15, 0.2) is 5.69 Å². The van der Waals surface area contributed by atoms with E-state index in [0.717, 1.165) is 29.4 Å². The van der Waals surface area contributed by atoms with Gasteiger partial charge in [0.05, 0.1) is 9.88 Å². The predicted molar refractivity (Wildman–Crippen MR) is 72.2 cm³/mol. The maximum atomic E-state index is 11.2. The van der Waals surface area contributed by atoms with Gasteiger partial charge >= 0.3 is 5.97 Å². The van der Waals surface area contributed by atoms with E-state index in [1.54, 1.807) is 0 Å². The number of piperidine rings is 1. The molecule has 100 valence electrons. The van der Waals surface area contributed by atoms with E-state index in [9.17, 15) is 4.79 Å². The van der Waals surface area contributed by atoms with E-state index in [1.807, 2.05) is 6.92 Å². The molecule has 0 radical (unpaired) electrons. The van der Waals surface area contributed by atoms with Gasteiger partial charge in [-0.1, -0.05) is 13.3 Å². The van der Waals surface area contributed by atoms with Crippen LogP contribution >= 0.6 is 11.3 Å². The van der Waals surface area contributed by atoms with Crippen molar-refractivity contribution in [3.8, 4) is 0 Å². The van der Waals surface area contributed by atoms with Crippen LogP contribution in [0.4, 0.5) is 0 Å². The molecule has 2 heterocycles. The number of rotatable bonds is 4. The van der Waals surface area contributed by atoms with E-state index >= 15 is 0 Å². The van der Waals surface area contributed by atoms with Gasteiger partial charge in [-0.15, -0.1) is 11.3 Å². The molecular formula is C13H20N2O2S. The van der Waals surface area contributed by atoms with Crippen molar-refractivity contribution >= 4 is 17.3 Å². The van der Waals surface area contributed by atoms with E-state index in [1.165, 1.54) is 30.6 Å². The van der Waals surface area contributed by atoms with Crippen molar-refractivity contribution in [3.05, 3.63) is 15.6 Å². The van der Waals surface area contributed by atoms with Crippen molar-refractivity contribution in [2.45, 2.75) is 52.1 Å². The molecule has 0 aromatic carbocycles. The first-order chi connectivity index (χ1) is 8.61. The number of carbonyl (C=O) groups is 1. The topological polar surface area (TPSA) is 53.4 Å². The Labute approximate surface area is 112 Å². The molecule has 1 aliphatic rings. The van der Waals surface area contributed by atoms with Crippen molar-refractivity contribution < 1.29 is 9.90 Å². The first kappa shape index (κ1) is 13.5. The summed E-state index contributed by atoms with van der Waals surface area (Å²) in [5.74, 6) is -0.903. The molecule has 0 spiro atoms. The molecule has 4 nitrogen and oxygen atoms in total. The Kier molecular flexibility index (Phi) is 4.35. The van der Waals surface area contributed by atoms with Crippen molar-refractivity contribution in [1.29, 1.82) is 0 Å². The standard InChI is InChI=1S/C13H20N2O2S/c1-3-10-6-4-5-7-15(10)8-11-12(13(16)17)14-9(2)18-11/h10H,3-8H2,1-2H3,(H,16,17). The quantitative estimate of drug-likeness (QED) is 0.912. The van der Waals surface area contributed by atoms with Crippen LogP contribution in [0.5, 0.6) is 0 Å². The van der Waals surface area contributed by atoms with Crippen LogP contribution < -0.4 is 0 Å². The lowest BCUT2D eigenvalue weighted by molar-refractivity contribution is 0.0686. The summed E-state index contributed by atoms with van der Waals surface area (Å²) in [7, 11) is 0. The SMILES string of the molecule is CCC1CCCCN1Cc1sc(C)nc1C(=O)O. The molecule has 1 aliphatic heterocycles. The van der Waals surface area contributed by atoms with Crippen molar-refractivity contribution in [2.75, 3.05) is 6.54 Å². The number of aromatic carboxylic acids is 1. The van der Waals surface area contributed by atoms with E-state index in [-0.39, 0.29) is 5.69 Å². The van der Waals surface area contributed by atoms with Gasteiger partial charge in [-0.3, -0.25) is 4.90 Å². The Morgan fingerprint density at radius 1 is 1.56 bits per heavy atom. The lowest BCUT2D eigenvalue weighted by atomic mass is 10.00. The van der Waals surface area contributed by atoms with Gasteiger partial charge in [0, 0.05) is 12.6 Å². The first-order valence-electron chi connectivity index (χ1n) is 6.55. The van der Waals surface area contributed by atoms with Crippen LogP contribution in [-0.4, -0.2) is 33.5 Å². The summed E-state index contributed by atoms with van der Waals surface area (Å²) in [6.45, 7) is 5.90. The van der Waals surface area contributed by atoms with Gasteiger partial charge in [-0.2, -0.15) is 0 Å². The van der Waals surface area contributed by atoms with Crippen molar-refractivity contribution in [3.63, 3.8) is 0 Å². The Hall–Kier alpha value is -0.940. The fraction of sp³-hybridized carbons (Fsp3) is 0.692.